The third kappa shape index (κ3) is 5.86. The standard InChI is InChI=1S/C12H26N2.C2H6/c1-4-6-9-13(3)12-7-10-14(5-2)11-8-12;1-2/h12H,4-11H2,1-3H3;1-2H3. The van der Waals surface area contributed by atoms with E-state index >= 15 is 0 Å². The number of hydrogen-bond donors (Lipinski definition) is 0. The van der Waals surface area contributed by atoms with Crippen LogP contribution in [0.15, 0.2) is 0 Å². The van der Waals surface area contributed by atoms with Crippen molar-refractivity contribution in [1.29, 1.82) is 0 Å². The highest BCUT2D eigenvalue weighted by molar-refractivity contribution is 4.77. The average molecular weight is 228 g/mol. The highest BCUT2D eigenvalue weighted by atomic mass is 15.2. The third-order valence-corrected chi connectivity index (χ3v) is 3.49. The van der Waals surface area contributed by atoms with E-state index in [0.29, 0.717) is 0 Å². The summed E-state index contributed by atoms with van der Waals surface area (Å²) >= 11 is 0. The fraction of sp³-hybridized carbons (Fsp3) is 1.00. The zero-order valence-corrected chi connectivity index (χ0v) is 12.1. The van der Waals surface area contributed by atoms with Crippen molar-refractivity contribution in [3.8, 4) is 0 Å². The monoisotopic (exact) mass is 228 g/mol. The Morgan fingerprint density at radius 1 is 1.12 bits per heavy atom. The molecule has 2 nitrogen and oxygen atoms in total. The van der Waals surface area contributed by atoms with Crippen molar-refractivity contribution in [1.82, 2.24) is 9.80 Å². The Kier molecular flexibility index (Phi) is 10.0. The lowest BCUT2D eigenvalue weighted by atomic mass is 10.0. The van der Waals surface area contributed by atoms with Gasteiger partial charge < -0.3 is 9.80 Å². The molecule has 98 valence electrons. The fourth-order valence-electron chi connectivity index (χ4n) is 2.27. The van der Waals surface area contributed by atoms with Crippen molar-refractivity contribution < 1.29 is 0 Å². The van der Waals surface area contributed by atoms with Gasteiger partial charge in [-0.05, 0) is 52.5 Å². The molecule has 0 saturated carbocycles. The molecule has 0 amide bonds. The van der Waals surface area contributed by atoms with Gasteiger partial charge in [0.25, 0.3) is 0 Å². The lowest BCUT2D eigenvalue weighted by Crippen LogP contribution is -2.43. The fourth-order valence-corrected chi connectivity index (χ4v) is 2.27. The van der Waals surface area contributed by atoms with Gasteiger partial charge in [-0.25, -0.2) is 0 Å². The Balaban J connectivity index is 0.00000106. The van der Waals surface area contributed by atoms with Gasteiger partial charge in [-0.2, -0.15) is 0 Å². The summed E-state index contributed by atoms with van der Waals surface area (Å²) in [7, 11) is 2.29. The van der Waals surface area contributed by atoms with Crippen LogP contribution in [0.5, 0.6) is 0 Å². The van der Waals surface area contributed by atoms with Gasteiger partial charge in [-0.1, -0.05) is 34.1 Å². The van der Waals surface area contributed by atoms with Crippen LogP contribution in [0, 0.1) is 0 Å². The van der Waals surface area contributed by atoms with Crippen molar-refractivity contribution in [2.75, 3.05) is 33.2 Å². The molecule has 0 bridgehead atoms. The normalized spacial score (nSPS) is 18.4. The highest BCUT2D eigenvalue weighted by Gasteiger charge is 2.20. The molecule has 0 aliphatic carbocycles. The number of nitrogens with zero attached hydrogens (tertiary/aromatic N) is 2. The van der Waals surface area contributed by atoms with E-state index in [4.69, 9.17) is 0 Å². The molecule has 1 aliphatic rings. The first-order valence-electron chi connectivity index (χ1n) is 7.20. The number of piperidine rings is 1. The van der Waals surface area contributed by atoms with Gasteiger partial charge in [-0.3, -0.25) is 0 Å². The molecule has 0 aromatic rings. The second kappa shape index (κ2) is 10.1. The van der Waals surface area contributed by atoms with Gasteiger partial charge in [-0.15, -0.1) is 0 Å². The summed E-state index contributed by atoms with van der Waals surface area (Å²) in [6.45, 7) is 13.7. The smallest absolute Gasteiger partial charge is 0.0117 e. The molecule has 0 atom stereocenters. The van der Waals surface area contributed by atoms with Gasteiger partial charge in [0, 0.05) is 6.04 Å². The maximum Gasteiger partial charge on any atom is 0.0117 e. The Morgan fingerprint density at radius 2 is 1.69 bits per heavy atom. The topological polar surface area (TPSA) is 6.48 Å². The van der Waals surface area contributed by atoms with Crippen LogP contribution < -0.4 is 0 Å². The molecule has 1 saturated heterocycles. The van der Waals surface area contributed by atoms with Crippen molar-refractivity contribution in [3.63, 3.8) is 0 Å². The lowest BCUT2D eigenvalue weighted by molar-refractivity contribution is 0.130. The molecule has 0 radical (unpaired) electrons. The van der Waals surface area contributed by atoms with Crippen LogP contribution in [-0.2, 0) is 0 Å². The predicted octanol–water partition coefficient (Wildman–Crippen LogP) is 3.23. The maximum atomic E-state index is 2.57. The maximum absolute atomic E-state index is 2.57. The van der Waals surface area contributed by atoms with Crippen molar-refractivity contribution in [2.24, 2.45) is 0 Å². The van der Waals surface area contributed by atoms with E-state index in [1.165, 1.54) is 51.9 Å². The van der Waals surface area contributed by atoms with Gasteiger partial charge >= 0.3 is 0 Å². The molecule has 16 heavy (non-hydrogen) atoms. The number of hydrogen-bond acceptors (Lipinski definition) is 2. The largest absolute Gasteiger partial charge is 0.303 e. The van der Waals surface area contributed by atoms with Gasteiger partial charge in [0.1, 0.15) is 0 Å². The van der Waals surface area contributed by atoms with Gasteiger partial charge in [0.15, 0.2) is 0 Å². The Hall–Kier alpha value is -0.0800. The first kappa shape index (κ1) is 15.9. The molecule has 1 aliphatic heterocycles. The molecule has 0 unspecified atom stereocenters. The highest BCUT2D eigenvalue weighted by Crippen LogP contribution is 2.15. The first-order chi connectivity index (χ1) is 7.77. The van der Waals surface area contributed by atoms with E-state index in [9.17, 15) is 0 Å². The molecule has 0 spiro atoms. The zero-order valence-electron chi connectivity index (χ0n) is 12.1. The van der Waals surface area contributed by atoms with E-state index in [0.717, 1.165) is 6.04 Å². The van der Waals surface area contributed by atoms with Crippen molar-refractivity contribution in [2.45, 2.75) is 59.4 Å². The van der Waals surface area contributed by atoms with Crippen LogP contribution in [0.2, 0.25) is 0 Å². The summed E-state index contributed by atoms with van der Waals surface area (Å²) in [4.78, 5) is 5.13. The van der Waals surface area contributed by atoms with E-state index in [1.54, 1.807) is 0 Å². The summed E-state index contributed by atoms with van der Waals surface area (Å²) in [5.74, 6) is 0. The van der Waals surface area contributed by atoms with E-state index in [-0.39, 0.29) is 0 Å². The van der Waals surface area contributed by atoms with Crippen LogP contribution in [0.25, 0.3) is 0 Å². The van der Waals surface area contributed by atoms with Crippen LogP contribution >= 0.6 is 0 Å². The van der Waals surface area contributed by atoms with E-state index in [2.05, 4.69) is 30.7 Å². The lowest BCUT2D eigenvalue weighted by Gasteiger charge is -2.36. The summed E-state index contributed by atoms with van der Waals surface area (Å²) in [5.41, 5.74) is 0. The molecule has 2 heteroatoms. The van der Waals surface area contributed by atoms with Crippen LogP contribution in [0.3, 0.4) is 0 Å². The zero-order chi connectivity index (χ0) is 12.4. The Morgan fingerprint density at radius 3 is 2.12 bits per heavy atom. The third-order valence-electron chi connectivity index (χ3n) is 3.49. The second-order valence-electron chi connectivity index (χ2n) is 4.50. The molecule has 1 fully saturated rings. The molecule has 1 rings (SSSR count). The van der Waals surface area contributed by atoms with Crippen LogP contribution in [-0.4, -0.2) is 49.1 Å². The number of likely N-dealkylation sites (tertiary alicyclic amines) is 1. The summed E-state index contributed by atoms with van der Waals surface area (Å²) in [6.07, 6.45) is 5.41. The molecule has 0 aromatic carbocycles. The van der Waals surface area contributed by atoms with Gasteiger partial charge in [0.2, 0.25) is 0 Å². The van der Waals surface area contributed by atoms with Crippen molar-refractivity contribution in [3.05, 3.63) is 0 Å². The number of rotatable bonds is 5. The summed E-state index contributed by atoms with van der Waals surface area (Å²) in [5, 5.41) is 0. The van der Waals surface area contributed by atoms with Crippen molar-refractivity contribution >= 4 is 0 Å². The average Bonchev–Trinajstić information content (AvgIpc) is 2.38. The minimum absolute atomic E-state index is 0.851. The summed E-state index contributed by atoms with van der Waals surface area (Å²) in [6, 6.07) is 0.851. The predicted molar refractivity (Wildman–Crippen MR) is 74.0 cm³/mol. The molecule has 0 N–H and O–H groups in total. The number of unbranched alkanes of at least 4 members (excludes halogenated alkanes) is 1. The van der Waals surface area contributed by atoms with Crippen LogP contribution in [0.4, 0.5) is 0 Å². The van der Waals surface area contributed by atoms with E-state index in [1.807, 2.05) is 13.8 Å². The second-order valence-corrected chi connectivity index (χ2v) is 4.50. The minimum atomic E-state index is 0.851. The van der Waals surface area contributed by atoms with Crippen LogP contribution in [0.1, 0.15) is 53.4 Å². The first-order valence-corrected chi connectivity index (χ1v) is 7.20. The summed E-state index contributed by atoms with van der Waals surface area (Å²) < 4.78 is 0. The quantitative estimate of drug-likeness (QED) is 0.713. The minimum Gasteiger partial charge on any atom is -0.303 e. The van der Waals surface area contributed by atoms with E-state index < -0.39 is 0 Å². The SMILES string of the molecule is CC.CCCCN(C)C1CCN(CC)CC1. The van der Waals surface area contributed by atoms with Gasteiger partial charge in [0.05, 0.1) is 0 Å². The molecule has 0 aromatic heterocycles. The molecular weight excluding hydrogens is 196 g/mol. The molecular formula is C14H32N2. The Bertz CT molecular complexity index is 140. The molecule has 1 heterocycles. The Labute approximate surface area is 103 Å².